The quantitative estimate of drug-likeness (QED) is 0.573. The number of fused-ring (bicyclic) bond motifs is 1. The molecule has 1 aliphatic carbocycles. The molecule has 1 amide bonds. The number of halogens is 1. The van der Waals surface area contributed by atoms with Crippen molar-refractivity contribution < 1.29 is 4.79 Å². The standard InChI is InChI=1S/C21H22ClN3O2S/c1-2-24(13-15-9-10-18(22)28-15)20(26)12-11-19-23-17-6-4-3-5-16(17)21(27)25(19)14-7-8-14/h3-6,9-10,14H,2,7-8,11-13H2,1H3. The Morgan fingerprint density at radius 2 is 2.07 bits per heavy atom. The minimum atomic E-state index is 0.0103. The van der Waals surface area contributed by atoms with E-state index < -0.39 is 0 Å². The molecule has 0 bridgehead atoms. The predicted octanol–water partition coefficient (Wildman–Crippen LogP) is 4.43. The van der Waals surface area contributed by atoms with Crippen LogP contribution in [-0.4, -0.2) is 26.9 Å². The monoisotopic (exact) mass is 415 g/mol. The molecule has 0 unspecified atom stereocenters. The van der Waals surface area contributed by atoms with Gasteiger partial charge in [0.1, 0.15) is 5.82 Å². The van der Waals surface area contributed by atoms with E-state index in [0.29, 0.717) is 36.8 Å². The lowest BCUT2D eigenvalue weighted by molar-refractivity contribution is -0.131. The van der Waals surface area contributed by atoms with Gasteiger partial charge < -0.3 is 4.90 Å². The summed E-state index contributed by atoms with van der Waals surface area (Å²) < 4.78 is 2.54. The molecule has 0 radical (unpaired) electrons. The van der Waals surface area contributed by atoms with Crippen LogP contribution in [0.25, 0.3) is 10.9 Å². The van der Waals surface area contributed by atoms with E-state index in [9.17, 15) is 9.59 Å². The van der Waals surface area contributed by atoms with Crippen LogP contribution in [0, 0.1) is 0 Å². The SMILES string of the molecule is CCN(Cc1ccc(Cl)s1)C(=O)CCc1nc2ccccc2c(=O)n1C1CC1. The van der Waals surface area contributed by atoms with Crippen LogP contribution in [0.3, 0.4) is 0 Å². The van der Waals surface area contributed by atoms with E-state index >= 15 is 0 Å². The van der Waals surface area contributed by atoms with E-state index in [1.54, 1.807) is 0 Å². The lowest BCUT2D eigenvalue weighted by atomic mass is 10.2. The number of nitrogens with zero attached hydrogens (tertiary/aromatic N) is 3. The van der Waals surface area contributed by atoms with Crippen LogP contribution in [-0.2, 0) is 17.8 Å². The molecule has 7 heteroatoms. The van der Waals surface area contributed by atoms with Gasteiger partial charge >= 0.3 is 0 Å². The molecule has 2 heterocycles. The topological polar surface area (TPSA) is 55.2 Å². The summed E-state index contributed by atoms with van der Waals surface area (Å²) in [5.41, 5.74) is 0.712. The van der Waals surface area contributed by atoms with Gasteiger partial charge in [-0.15, -0.1) is 11.3 Å². The molecule has 28 heavy (non-hydrogen) atoms. The third kappa shape index (κ3) is 3.98. The van der Waals surface area contributed by atoms with Gasteiger partial charge in [0.15, 0.2) is 0 Å². The van der Waals surface area contributed by atoms with Crippen molar-refractivity contribution in [1.29, 1.82) is 0 Å². The van der Waals surface area contributed by atoms with E-state index in [-0.39, 0.29) is 17.5 Å². The molecule has 5 nitrogen and oxygen atoms in total. The van der Waals surface area contributed by atoms with Gasteiger partial charge in [0, 0.05) is 30.3 Å². The Morgan fingerprint density at radius 3 is 2.75 bits per heavy atom. The maximum absolute atomic E-state index is 12.9. The van der Waals surface area contributed by atoms with Crippen LogP contribution >= 0.6 is 22.9 Å². The average molecular weight is 416 g/mol. The van der Waals surface area contributed by atoms with Crippen molar-refractivity contribution in [1.82, 2.24) is 14.5 Å². The molecule has 1 fully saturated rings. The first-order valence-corrected chi connectivity index (χ1v) is 10.8. The molecule has 0 spiro atoms. The van der Waals surface area contributed by atoms with Crippen LogP contribution in [0.5, 0.6) is 0 Å². The second-order valence-corrected chi connectivity index (χ2v) is 8.86. The average Bonchev–Trinajstić information content (AvgIpc) is 3.45. The maximum atomic E-state index is 12.9. The molecular weight excluding hydrogens is 394 g/mol. The summed E-state index contributed by atoms with van der Waals surface area (Å²) >= 11 is 7.49. The smallest absolute Gasteiger partial charge is 0.261 e. The first-order valence-electron chi connectivity index (χ1n) is 9.59. The van der Waals surface area contributed by atoms with Crippen molar-refractivity contribution in [3.63, 3.8) is 0 Å². The second-order valence-electron chi connectivity index (χ2n) is 7.07. The number of hydrogen-bond acceptors (Lipinski definition) is 4. The maximum Gasteiger partial charge on any atom is 0.261 e. The summed E-state index contributed by atoms with van der Waals surface area (Å²) in [6, 6.07) is 11.5. The summed E-state index contributed by atoms with van der Waals surface area (Å²) in [5, 5.41) is 0.647. The summed E-state index contributed by atoms with van der Waals surface area (Å²) in [6.07, 6.45) is 2.81. The number of para-hydroxylation sites is 1. The zero-order valence-electron chi connectivity index (χ0n) is 15.7. The zero-order chi connectivity index (χ0) is 19.7. The summed E-state index contributed by atoms with van der Waals surface area (Å²) in [4.78, 5) is 33.3. The van der Waals surface area contributed by atoms with Crippen LogP contribution in [0.2, 0.25) is 4.34 Å². The van der Waals surface area contributed by atoms with Crippen molar-refractivity contribution in [2.75, 3.05) is 6.54 Å². The van der Waals surface area contributed by atoms with Gasteiger partial charge in [0.05, 0.1) is 21.8 Å². The number of carbonyl (C=O) groups excluding carboxylic acids is 1. The number of aryl methyl sites for hydroxylation is 1. The van der Waals surface area contributed by atoms with Crippen molar-refractivity contribution in [3.8, 4) is 0 Å². The number of hydrogen-bond donors (Lipinski definition) is 0. The van der Waals surface area contributed by atoms with Gasteiger partial charge in [0.25, 0.3) is 5.56 Å². The highest BCUT2D eigenvalue weighted by molar-refractivity contribution is 7.16. The van der Waals surface area contributed by atoms with Crippen LogP contribution in [0.4, 0.5) is 0 Å². The molecule has 1 aromatic carbocycles. The first-order chi connectivity index (χ1) is 13.6. The third-order valence-electron chi connectivity index (χ3n) is 5.07. The minimum Gasteiger partial charge on any atom is -0.338 e. The molecule has 3 aromatic rings. The molecule has 0 aliphatic heterocycles. The zero-order valence-corrected chi connectivity index (χ0v) is 17.3. The molecule has 4 rings (SSSR count). The van der Waals surface area contributed by atoms with E-state index in [2.05, 4.69) is 0 Å². The molecule has 2 aromatic heterocycles. The Kier molecular flexibility index (Phi) is 5.51. The van der Waals surface area contributed by atoms with Gasteiger partial charge in [-0.25, -0.2) is 4.98 Å². The first kappa shape index (κ1) is 19.2. The number of amides is 1. The van der Waals surface area contributed by atoms with Gasteiger partial charge in [-0.1, -0.05) is 23.7 Å². The highest BCUT2D eigenvalue weighted by Gasteiger charge is 2.28. The molecule has 0 N–H and O–H groups in total. The normalized spacial score (nSPS) is 13.8. The Balaban J connectivity index is 1.53. The van der Waals surface area contributed by atoms with Crippen LogP contribution < -0.4 is 5.56 Å². The summed E-state index contributed by atoms with van der Waals surface area (Å²) in [6.45, 7) is 3.17. The Hall–Kier alpha value is -2.18. The van der Waals surface area contributed by atoms with Gasteiger partial charge in [-0.05, 0) is 44.0 Å². The van der Waals surface area contributed by atoms with Crippen molar-refractivity contribution >= 4 is 39.7 Å². The number of thiophene rings is 1. The number of carbonyl (C=O) groups is 1. The van der Waals surface area contributed by atoms with Gasteiger partial charge in [-0.2, -0.15) is 0 Å². The van der Waals surface area contributed by atoms with Crippen molar-refractivity contribution in [2.45, 2.75) is 45.2 Å². The lowest BCUT2D eigenvalue weighted by Gasteiger charge is -2.20. The van der Waals surface area contributed by atoms with E-state index in [4.69, 9.17) is 16.6 Å². The second kappa shape index (κ2) is 8.05. The lowest BCUT2D eigenvalue weighted by Crippen LogP contribution is -2.31. The van der Waals surface area contributed by atoms with Crippen LogP contribution in [0.15, 0.2) is 41.2 Å². The van der Waals surface area contributed by atoms with E-state index in [1.165, 1.54) is 11.3 Å². The molecular formula is C21H22ClN3O2S. The minimum absolute atomic E-state index is 0.0103. The largest absolute Gasteiger partial charge is 0.338 e. The predicted molar refractivity (Wildman–Crippen MR) is 113 cm³/mol. The van der Waals surface area contributed by atoms with Crippen molar-refractivity contribution in [3.05, 3.63) is 61.8 Å². The van der Waals surface area contributed by atoms with Gasteiger partial charge in [0.2, 0.25) is 5.91 Å². The highest BCUT2D eigenvalue weighted by atomic mass is 35.5. The molecule has 0 saturated heterocycles. The summed E-state index contributed by atoms with van der Waals surface area (Å²) in [7, 11) is 0. The van der Waals surface area contributed by atoms with Crippen LogP contribution in [0.1, 0.15) is 42.9 Å². The molecule has 146 valence electrons. The number of aromatic nitrogens is 2. The Morgan fingerprint density at radius 1 is 1.29 bits per heavy atom. The third-order valence-corrected chi connectivity index (χ3v) is 6.28. The number of rotatable bonds is 7. The van der Waals surface area contributed by atoms with E-state index in [1.807, 2.05) is 52.8 Å². The Bertz CT molecular complexity index is 1070. The highest BCUT2D eigenvalue weighted by Crippen LogP contribution is 2.35. The number of benzene rings is 1. The fourth-order valence-corrected chi connectivity index (χ4v) is 4.56. The van der Waals surface area contributed by atoms with E-state index in [0.717, 1.165) is 27.9 Å². The Labute approximate surface area is 172 Å². The molecule has 1 saturated carbocycles. The summed E-state index contributed by atoms with van der Waals surface area (Å²) in [5.74, 6) is 0.784. The van der Waals surface area contributed by atoms with Gasteiger partial charge in [-0.3, -0.25) is 14.2 Å². The fourth-order valence-electron chi connectivity index (χ4n) is 3.46. The molecule has 1 aliphatic rings. The molecule has 0 atom stereocenters. The fraction of sp³-hybridized carbons (Fsp3) is 0.381. The van der Waals surface area contributed by atoms with Crippen molar-refractivity contribution in [2.24, 2.45) is 0 Å².